The summed E-state index contributed by atoms with van der Waals surface area (Å²) in [7, 11) is 0. The maximum atomic E-state index is 12.7. The highest BCUT2D eigenvalue weighted by atomic mass is 35.5. The summed E-state index contributed by atoms with van der Waals surface area (Å²) in [5.74, 6) is -0.467. The van der Waals surface area contributed by atoms with Crippen LogP contribution < -0.4 is 5.32 Å². The number of anilines is 1. The molecule has 1 fully saturated rings. The number of benzene rings is 1. The van der Waals surface area contributed by atoms with E-state index in [-0.39, 0.29) is 11.8 Å². The summed E-state index contributed by atoms with van der Waals surface area (Å²) in [6.45, 7) is 0.522. The first-order valence-corrected chi connectivity index (χ1v) is 8.28. The molecule has 0 aliphatic carbocycles. The lowest BCUT2D eigenvalue weighted by Crippen LogP contribution is -2.43. The molecule has 0 bridgehead atoms. The average Bonchev–Trinajstić information content (AvgIpc) is 3.04. The van der Waals surface area contributed by atoms with Crippen LogP contribution in [0, 0.1) is 0 Å². The quantitative estimate of drug-likeness (QED) is 0.905. The number of hydrogen-bond acceptors (Lipinski definition) is 3. The molecule has 0 saturated carbocycles. The molecular formula is C17H15Cl2N3O2. The first-order chi connectivity index (χ1) is 11.5. The van der Waals surface area contributed by atoms with Crippen molar-refractivity contribution in [2.75, 3.05) is 11.9 Å². The van der Waals surface area contributed by atoms with Gasteiger partial charge in [-0.25, -0.2) is 0 Å². The molecule has 3 rings (SSSR count). The Balaban J connectivity index is 1.77. The molecule has 1 N–H and O–H groups in total. The SMILES string of the molecule is O=C(Nc1cccnc1)[C@@H]1CCCN1C(=O)c1cc(Cl)cc(Cl)c1. The van der Waals surface area contributed by atoms with E-state index in [4.69, 9.17) is 23.2 Å². The van der Waals surface area contributed by atoms with Crippen LogP contribution in [0.2, 0.25) is 10.0 Å². The van der Waals surface area contributed by atoms with Crippen molar-refractivity contribution >= 4 is 40.7 Å². The fourth-order valence-corrected chi connectivity index (χ4v) is 3.31. The smallest absolute Gasteiger partial charge is 0.254 e. The first kappa shape index (κ1) is 16.7. The Morgan fingerprint density at radius 3 is 2.62 bits per heavy atom. The Labute approximate surface area is 149 Å². The number of carbonyl (C=O) groups excluding carboxylic acids is 2. The van der Waals surface area contributed by atoms with Crippen LogP contribution in [0.25, 0.3) is 0 Å². The molecule has 2 heterocycles. The molecule has 1 atom stereocenters. The van der Waals surface area contributed by atoms with Crippen LogP contribution in [0.4, 0.5) is 5.69 Å². The van der Waals surface area contributed by atoms with Crippen molar-refractivity contribution < 1.29 is 9.59 Å². The van der Waals surface area contributed by atoms with E-state index in [0.29, 0.717) is 34.3 Å². The zero-order chi connectivity index (χ0) is 17.1. The summed E-state index contributed by atoms with van der Waals surface area (Å²) in [4.78, 5) is 30.8. The lowest BCUT2D eigenvalue weighted by Gasteiger charge is -2.24. The van der Waals surface area contributed by atoms with Crippen molar-refractivity contribution in [3.63, 3.8) is 0 Å². The first-order valence-electron chi connectivity index (χ1n) is 7.52. The zero-order valence-electron chi connectivity index (χ0n) is 12.7. The standard InChI is InChI=1S/C17H15Cl2N3O2/c18-12-7-11(8-13(19)9-12)17(24)22-6-2-4-15(22)16(23)21-14-3-1-5-20-10-14/h1,3,5,7-10,15H,2,4,6H2,(H,21,23)/t15-/m0/s1. The number of pyridine rings is 1. The molecular weight excluding hydrogens is 349 g/mol. The van der Waals surface area contributed by atoms with Crippen molar-refractivity contribution in [2.45, 2.75) is 18.9 Å². The van der Waals surface area contributed by atoms with Crippen LogP contribution in [0.1, 0.15) is 23.2 Å². The summed E-state index contributed by atoms with van der Waals surface area (Å²) >= 11 is 11.9. The Hall–Kier alpha value is -2.11. The number of halogens is 2. The lowest BCUT2D eigenvalue weighted by atomic mass is 10.1. The third-order valence-electron chi connectivity index (χ3n) is 3.85. The van der Waals surface area contributed by atoms with Gasteiger partial charge in [-0.1, -0.05) is 23.2 Å². The van der Waals surface area contributed by atoms with Crippen molar-refractivity contribution in [3.8, 4) is 0 Å². The molecule has 0 radical (unpaired) electrons. The molecule has 0 spiro atoms. The van der Waals surface area contributed by atoms with Crippen LogP contribution in [0.5, 0.6) is 0 Å². The van der Waals surface area contributed by atoms with E-state index in [2.05, 4.69) is 10.3 Å². The molecule has 124 valence electrons. The van der Waals surface area contributed by atoms with E-state index in [1.54, 1.807) is 47.6 Å². The fourth-order valence-electron chi connectivity index (χ4n) is 2.79. The predicted octanol–water partition coefficient (Wildman–Crippen LogP) is 3.63. The highest BCUT2D eigenvalue weighted by Gasteiger charge is 2.34. The Kier molecular flexibility index (Phi) is 5.02. The molecule has 1 aliphatic rings. The van der Waals surface area contributed by atoms with Gasteiger partial charge in [-0.3, -0.25) is 14.6 Å². The summed E-state index contributed by atoms with van der Waals surface area (Å²) in [6.07, 6.45) is 4.58. The maximum absolute atomic E-state index is 12.7. The van der Waals surface area contributed by atoms with Crippen molar-refractivity contribution in [1.82, 2.24) is 9.88 Å². The molecule has 24 heavy (non-hydrogen) atoms. The normalized spacial score (nSPS) is 16.9. The number of rotatable bonds is 3. The second-order valence-corrected chi connectivity index (χ2v) is 6.42. The number of nitrogens with one attached hydrogen (secondary N) is 1. The largest absolute Gasteiger partial charge is 0.327 e. The van der Waals surface area contributed by atoms with Crippen molar-refractivity contribution in [2.24, 2.45) is 0 Å². The molecule has 1 aromatic heterocycles. The molecule has 1 saturated heterocycles. The average molecular weight is 364 g/mol. The van der Waals surface area contributed by atoms with Crippen LogP contribution in [-0.2, 0) is 4.79 Å². The van der Waals surface area contributed by atoms with Gasteiger partial charge in [-0.2, -0.15) is 0 Å². The zero-order valence-corrected chi connectivity index (χ0v) is 14.2. The molecule has 2 aromatic rings. The van der Waals surface area contributed by atoms with Crippen LogP contribution in [-0.4, -0.2) is 34.3 Å². The predicted molar refractivity (Wildman–Crippen MR) is 93.4 cm³/mol. The number of nitrogens with zero attached hydrogens (tertiary/aromatic N) is 2. The van der Waals surface area contributed by atoms with Gasteiger partial charge in [0.25, 0.3) is 5.91 Å². The Morgan fingerprint density at radius 2 is 1.96 bits per heavy atom. The fraction of sp³-hybridized carbons (Fsp3) is 0.235. The Morgan fingerprint density at radius 1 is 1.21 bits per heavy atom. The molecule has 0 unspecified atom stereocenters. The van der Waals surface area contributed by atoms with Gasteiger partial charge in [0, 0.05) is 28.4 Å². The second kappa shape index (κ2) is 7.20. The van der Waals surface area contributed by atoms with Crippen molar-refractivity contribution in [1.29, 1.82) is 0 Å². The summed E-state index contributed by atoms with van der Waals surface area (Å²) < 4.78 is 0. The summed E-state index contributed by atoms with van der Waals surface area (Å²) in [6, 6.07) is 7.66. The third kappa shape index (κ3) is 3.68. The second-order valence-electron chi connectivity index (χ2n) is 5.55. The van der Waals surface area contributed by atoms with E-state index in [9.17, 15) is 9.59 Å². The highest BCUT2D eigenvalue weighted by Crippen LogP contribution is 2.25. The van der Waals surface area contributed by atoms with E-state index < -0.39 is 6.04 Å². The van der Waals surface area contributed by atoms with E-state index in [1.165, 1.54) is 0 Å². The minimum Gasteiger partial charge on any atom is -0.327 e. The van der Waals surface area contributed by atoms with Gasteiger partial charge >= 0.3 is 0 Å². The molecule has 1 aliphatic heterocycles. The van der Waals surface area contributed by atoms with Gasteiger partial charge in [0.2, 0.25) is 5.91 Å². The lowest BCUT2D eigenvalue weighted by molar-refractivity contribution is -0.119. The van der Waals surface area contributed by atoms with E-state index in [0.717, 1.165) is 6.42 Å². The number of amides is 2. The van der Waals surface area contributed by atoms with Gasteiger partial charge in [0.05, 0.1) is 11.9 Å². The number of hydrogen-bond donors (Lipinski definition) is 1. The third-order valence-corrected chi connectivity index (χ3v) is 4.29. The molecule has 7 heteroatoms. The van der Waals surface area contributed by atoms with E-state index in [1.807, 2.05) is 0 Å². The number of likely N-dealkylation sites (tertiary alicyclic amines) is 1. The van der Waals surface area contributed by atoms with Gasteiger partial charge in [-0.05, 0) is 43.2 Å². The summed E-state index contributed by atoms with van der Waals surface area (Å²) in [5, 5.41) is 3.58. The number of aromatic nitrogens is 1. The number of carbonyl (C=O) groups is 2. The van der Waals surface area contributed by atoms with Gasteiger partial charge in [-0.15, -0.1) is 0 Å². The minimum atomic E-state index is -0.518. The summed E-state index contributed by atoms with van der Waals surface area (Å²) in [5.41, 5.74) is 0.987. The highest BCUT2D eigenvalue weighted by molar-refractivity contribution is 6.35. The monoisotopic (exact) mass is 363 g/mol. The minimum absolute atomic E-state index is 0.220. The molecule has 2 amide bonds. The van der Waals surface area contributed by atoms with Crippen LogP contribution in [0.15, 0.2) is 42.7 Å². The van der Waals surface area contributed by atoms with Crippen LogP contribution in [0.3, 0.4) is 0 Å². The van der Waals surface area contributed by atoms with E-state index >= 15 is 0 Å². The maximum Gasteiger partial charge on any atom is 0.254 e. The Bertz CT molecular complexity index is 747. The molecule has 1 aromatic carbocycles. The molecule has 5 nitrogen and oxygen atoms in total. The van der Waals surface area contributed by atoms with Crippen LogP contribution >= 0.6 is 23.2 Å². The van der Waals surface area contributed by atoms with Gasteiger partial charge in [0.1, 0.15) is 6.04 Å². The van der Waals surface area contributed by atoms with Gasteiger partial charge in [0.15, 0.2) is 0 Å². The topological polar surface area (TPSA) is 62.3 Å². The van der Waals surface area contributed by atoms with Gasteiger partial charge < -0.3 is 10.2 Å². The van der Waals surface area contributed by atoms with Crippen molar-refractivity contribution in [3.05, 3.63) is 58.3 Å².